The Labute approximate surface area is 142 Å². The summed E-state index contributed by atoms with van der Waals surface area (Å²) in [6, 6.07) is 13.6. The fourth-order valence-electron chi connectivity index (χ4n) is 2.99. The van der Waals surface area contributed by atoms with Gasteiger partial charge in [-0.05, 0) is 55.3 Å². The van der Waals surface area contributed by atoms with Crippen molar-refractivity contribution in [1.29, 1.82) is 0 Å². The van der Waals surface area contributed by atoms with Gasteiger partial charge in [-0.1, -0.05) is 23.7 Å². The maximum Gasteiger partial charge on any atom is 0.253 e. The van der Waals surface area contributed by atoms with E-state index >= 15 is 0 Å². The van der Waals surface area contributed by atoms with Gasteiger partial charge in [-0.2, -0.15) is 0 Å². The molecule has 0 spiro atoms. The Morgan fingerprint density at radius 3 is 2.26 bits per heavy atom. The predicted octanol–water partition coefficient (Wildman–Crippen LogP) is 3.92. The van der Waals surface area contributed by atoms with Gasteiger partial charge in [0.1, 0.15) is 0 Å². The van der Waals surface area contributed by atoms with Crippen molar-refractivity contribution in [2.45, 2.75) is 13.8 Å². The molecular formula is C19H21ClN2O. The van der Waals surface area contributed by atoms with E-state index in [0.29, 0.717) is 10.6 Å². The minimum absolute atomic E-state index is 0.0854. The molecule has 0 aromatic heterocycles. The number of anilines is 1. The fourth-order valence-corrected chi connectivity index (χ4v) is 3.11. The molecule has 0 N–H and O–H groups in total. The number of piperazine rings is 1. The minimum Gasteiger partial charge on any atom is -0.368 e. The Balaban J connectivity index is 1.67. The van der Waals surface area contributed by atoms with Gasteiger partial charge in [0.05, 0.1) is 0 Å². The Kier molecular flexibility index (Phi) is 4.58. The summed E-state index contributed by atoms with van der Waals surface area (Å²) in [6.07, 6.45) is 0. The topological polar surface area (TPSA) is 23.6 Å². The second-order valence-electron chi connectivity index (χ2n) is 6.08. The molecule has 120 valence electrons. The molecule has 3 rings (SSSR count). The van der Waals surface area contributed by atoms with Gasteiger partial charge >= 0.3 is 0 Å². The SMILES string of the molecule is Cc1ccc(C)c(N2CCN(C(=O)c3ccc(Cl)cc3)CC2)c1. The van der Waals surface area contributed by atoms with Crippen molar-refractivity contribution in [3.05, 3.63) is 64.2 Å². The normalized spacial score (nSPS) is 14.9. The lowest BCUT2D eigenvalue weighted by Crippen LogP contribution is -2.49. The predicted molar refractivity (Wildman–Crippen MR) is 95.5 cm³/mol. The molecule has 1 fully saturated rings. The van der Waals surface area contributed by atoms with Crippen LogP contribution in [0.25, 0.3) is 0 Å². The van der Waals surface area contributed by atoms with Gasteiger partial charge < -0.3 is 9.80 Å². The highest BCUT2D eigenvalue weighted by atomic mass is 35.5. The highest BCUT2D eigenvalue weighted by Crippen LogP contribution is 2.23. The van der Waals surface area contributed by atoms with E-state index in [9.17, 15) is 4.79 Å². The van der Waals surface area contributed by atoms with Crippen molar-refractivity contribution in [2.75, 3.05) is 31.1 Å². The van der Waals surface area contributed by atoms with Gasteiger partial charge in [0.15, 0.2) is 0 Å². The molecule has 0 bridgehead atoms. The van der Waals surface area contributed by atoms with Crippen molar-refractivity contribution in [3.8, 4) is 0 Å². The van der Waals surface area contributed by atoms with Crippen LogP contribution in [0, 0.1) is 13.8 Å². The number of halogens is 1. The van der Waals surface area contributed by atoms with Crippen LogP contribution in [0.3, 0.4) is 0 Å². The first-order valence-corrected chi connectivity index (χ1v) is 8.29. The molecule has 1 heterocycles. The summed E-state index contributed by atoms with van der Waals surface area (Å²) in [5.74, 6) is 0.0854. The summed E-state index contributed by atoms with van der Waals surface area (Å²) in [6.45, 7) is 7.47. The molecule has 4 heteroatoms. The van der Waals surface area contributed by atoms with E-state index < -0.39 is 0 Å². The maximum absolute atomic E-state index is 12.5. The minimum atomic E-state index is 0.0854. The highest BCUT2D eigenvalue weighted by molar-refractivity contribution is 6.30. The molecule has 0 saturated carbocycles. The van der Waals surface area contributed by atoms with Crippen LogP contribution in [0.4, 0.5) is 5.69 Å². The average Bonchev–Trinajstić information content (AvgIpc) is 2.57. The first-order valence-electron chi connectivity index (χ1n) is 7.91. The molecule has 2 aromatic carbocycles. The number of nitrogens with zero attached hydrogens (tertiary/aromatic N) is 2. The molecular weight excluding hydrogens is 308 g/mol. The zero-order valence-corrected chi connectivity index (χ0v) is 14.3. The summed E-state index contributed by atoms with van der Waals surface area (Å²) < 4.78 is 0. The molecule has 23 heavy (non-hydrogen) atoms. The summed E-state index contributed by atoms with van der Waals surface area (Å²) in [5, 5.41) is 0.654. The summed E-state index contributed by atoms with van der Waals surface area (Å²) in [5.41, 5.74) is 4.54. The molecule has 1 aliphatic heterocycles. The Morgan fingerprint density at radius 2 is 1.61 bits per heavy atom. The van der Waals surface area contributed by atoms with Crippen LogP contribution in [0.5, 0.6) is 0 Å². The monoisotopic (exact) mass is 328 g/mol. The van der Waals surface area contributed by atoms with E-state index in [1.165, 1.54) is 16.8 Å². The molecule has 1 amide bonds. The van der Waals surface area contributed by atoms with E-state index in [1.807, 2.05) is 4.90 Å². The summed E-state index contributed by atoms with van der Waals surface area (Å²) in [4.78, 5) is 16.8. The number of aryl methyl sites for hydroxylation is 2. The van der Waals surface area contributed by atoms with E-state index in [1.54, 1.807) is 24.3 Å². The van der Waals surface area contributed by atoms with Crippen molar-refractivity contribution >= 4 is 23.2 Å². The van der Waals surface area contributed by atoms with Crippen molar-refractivity contribution in [2.24, 2.45) is 0 Å². The standard InChI is InChI=1S/C19H21ClN2O/c1-14-3-4-15(2)18(13-14)21-9-11-22(12-10-21)19(23)16-5-7-17(20)8-6-16/h3-8,13H,9-12H2,1-2H3. The molecule has 1 saturated heterocycles. The zero-order valence-electron chi connectivity index (χ0n) is 13.6. The quantitative estimate of drug-likeness (QED) is 0.834. The van der Waals surface area contributed by atoms with E-state index in [2.05, 4.69) is 36.9 Å². The third kappa shape index (κ3) is 3.50. The van der Waals surface area contributed by atoms with E-state index in [4.69, 9.17) is 11.6 Å². The number of benzene rings is 2. The molecule has 0 aliphatic carbocycles. The zero-order chi connectivity index (χ0) is 16.4. The second kappa shape index (κ2) is 6.63. The van der Waals surface area contributed by atoms with E-state index in [-0.39, 0.29) is 5.91 Å². The highest BCUT2D eigenvalue weighted by Gasteiger charge is 2.23. The van der Waals surface area contributed by atoms with Gasteiger partial charge in [-0.3, -0.25) is 4.79 Å². The van der Waals surface area contributed by atoms with Gasteiger partial charge in [0.2, 0.25) is 0 Å². The molecule has 0 unspecified atom stereocenters. The molecule has 0 radical (unpaired) electrons. The van der Waals surface area contributed by atoms with Crippen LogP contribution in [0.2, 0.25) is 5.02 Å². The number of amides is 1. The van der Waals surface area contributed by atoms with Gasteiger partial charge in [0.25, 0.3) is 5.91 Å². The summed E-state index contributed by atoms with van der Waals surface area (Å²) >= 11 is 5.89. The number of carbonyl (C=O) groups is 1. The van der Waals surface area contributed by atoms with Crippen LogP contribution < -0.4 is 4.90 Å². The van der Waals surface area contributed by atoms with E-state index in [0.717, 1.165) is 26.2 Å². The first-order chi connectivity index (χ1) is 11.0. The maximum atomic E-state index is 12.5. The lowest BCUT2D eigenvalue weighted by atomic mass is 10.1. The lowest BCUT2D eigenvalue weighted by Gasteiger charge is -2.37. The first kappa shape index (κ1) is 15.9. The van der Waals surface area contributed by atoms with Crippen LogP contribution in [0.15, 0.2) is 42.5 Å². The van der Waals surface area contributed by atoms with Gasteiger partial charge in [-0.25, -0.2) is 0 Å². The lowest BCUT2D eigenvalue weighted by molar-refractivity contribution is 0.0747. The molecule has 0 atom stereocenters. The van der Waals surface area contributed by atoms with Gasteiger partial charge in [0, 0.05) is 42.5 Å². The number of hydrogen-bond acceptors (Lipinski definition) is 2. The van der Waals surface area contributed by atoms with Crippen molar-refractivity contribution in [1.82, 2.24) is 4.90 Å². The Morgan fingerprint density at radius 1 is 0.957 bits per heavy atom. The smallest absolute Gasteiger partial charge is 0.253 e. The van der Waals surface area contributed by atoms with Gasteiger partial charge in [-0.15, -0.1) is 0 Å². The van der Waals surface area contributed by atoms with Crippen LogP contribution in [-0.4, -0.2) is 37.0 Å². The second-order valence-corrected chi connectivity index (χ2v) is 6.51. The molecule has 2 aromatic rings. The Bertz CT molecular complexity index is 704. The number of hydrogen-bond donors (Lipinski definition) is 0. The number of rotatable bonds is 2. The van der Waals surface area contributed by atoms with Crippen LogP contribution in [-0.2, 0) is 0 Å². The molecule has 1 aliphatic rings. The van der Waals surface area contributed by atoms with Crippen LogP contribution >= 0.6 is 11.6 Å². The Hall–Kier alpha value is -2.00. The third-order valence-electron chi connectivity index (χ3n) is 4.36. The molecule has 3 nitrogen and oxygen atoms in total. The van der Waals surface area contributed by atoms with Crippen LogP contribution in [0.1, 0.15) is 21.5 Å². The largest absolute Gasteiger partial charge is 0.368 e. The van der Waals surface area contributed by atoms with Crippen molar-refractivity contribution in [3.63, 3.8) is 0 Å². The average molecular weight is 329 g/mol. The van der Waals surface area contributed by atoms with Crippen molar-refractivity contribution < 1.29 is 4.79 Å². The number of carbonyl (C=O) groups excluding carboxylic acids is 1. The fraction of sp³-hybridized carbons (Fsp3) is 0.316. The summed E-state index contributed by atoms with van der Waals surface area (Å²) in [7, 11) is 0. The third-order valence-corrected chi connectivity index (χ3v) is 4.62.